The zero-order chi connectivity index (χ0) is 78.9. The predicted molar refractivity (Wildman–Crippen MR) is 490 cm³/mol. The Kier molecular flexibility index (Phi) is 15.7. The third kappa shape index (κ3) is 11.1. The minimum atomic E-state index is 0.621. The molecule has 0 aliphatic heterocycles. The van der Waals surface area contributed by atoms with Crippen LogP contribution in [0.4, 0.5) is 0 Å². The maximum atomic E-state index is 6.67. The zero-order valence-electron chi connectivity index (χ0n) is 64.4. The van der Waals surface area contributed by atoms with E-state index in [2.05, 4.69) is 285 Å². The fourth-order valence-corrected chi connectivity index (χ4v) is 18.1. The highest BCUT2D eigenvalue weighted by molar-refractivity contribution is 6.24. The third-order valence-corrected chi connectivity index (χ3v) is 23.5. The van der Waals surface area contributed by atoms with Crippen LogP contribution >= 0.6 is 0 Å². The van der Waals surface area contributed by atoms with Crippen molar-refractivity contribution in [2.45, 2.75) is 0 Å². The quantitative estimate of drug-likeness (QED) is 0.125. The third-order valence-electron chi connectivity index (χ3n) is 23.5. The lowest BCUT2D eigenvalue weighted by Gasteiger charge is -2.12. The molecule has 0 amide bonds. The summed E-state index contributed by atoms with van der Waals surface area (Å²) in [6.45, 7) is 0. The largest absolute Gasteiger partial charge is 0.454 e. The van der Waals surface area contributed by atoms with Gasteiger partial charge >= 0.3 is 0 Å². The molecule has 12 heteroatoms. The van der Waals surface area contributed by atoms with Crippen LogP contribution < -0.4 is 0 Å². The van der Waals surface area contributed by atoms with Crippen molar-refractivity contribution in [3.63, 3.8) is 0 Å². The number of furan rings is 2. The second-order valence-corrected chi connectivity index (χ2v) is 30.4. The second-order valence-electron chi connectivity index (χ2n) is 30.4. The lowest BCUT2D eigenvalue weighted by atomic mass is 10.0. The number of para-hydroxylation sites is 6. The van der Waals surface area contributed by atoms with Gasteiger partial charge in [0.1, 0.15) is 11.2 Å². The van der Waals surface area contributed by atoms with E-state index < -0.39 is 0 Å². The van der Waals surface area contributed by atoms with Gasteiger partial charge in [-0.05, 0) is 126 Å². The first kappa shape index (κ1) is 68.0. The first-order valence-corrected chi connectivity index (χ1v) is 40.3. The molecule has 12 nitrogen and oxygen atoms in total. The number of nitrogens with zero attached hydrogens (tertiary/aromatic N) is 10. The number of rotatable bonds is 11. The van der Waals surface area contributed by atoms with Crippen molar-refractivity contribution in [3.8, 4) is 102 Å². The summed E-state index contributed by atoms with van der Waals surface area (Å²) in [5.74, 6) is 3.81. The Balaban J connectivity index is 0.000000137. The normalized spacial score (nSPS) is 11.8. The van der Waals surface area contributed by atoms with Crippen LogP contribution in [0.5, 0.6) is 0 Å². The highest BCUT2D eigenvalue weighted by Gasteiger charge is 2.25. The minimum Gasteiger partial charge on any atom is -0.454 e. The molecule has 120 heavy (non-hydrogen) atoms. The Hall–Kier alpha value is -16.4. The fourth-order valence-electron chi connectivity index (χ4n) is 18.1. The molecule has 0 saturated heterocycles. The number of hydrogen-bond donors (Lipinski definition) is 0. The van der Waals surface area contributed by atoms with E-state index in [-0.39, 0.29) is 0 Å². The Morgan fingerprint density at radius 2 is 0.425 bits per heavy atom. The van der Waals surface area contributed by atoms with Gasteiger partial charge in [-0.2, -0.15) is 0 Å². The number of benzene rings is 17. The topological polar surface area (TPSA) is 123 Å². The summed E-state index contributed by atoms with van der Waals surface area (Å²) in [6, 6.07) is 140. The highest BCUT2D eigenvalue weighted by atomic mass is 16.3. The van der Waals surface area contributed by atoms with E-state index in [0.717, 1.165) is 161 Å². The van der Waals surface area contributed by atoms with E-state index in [1.165, 1.54) is 37.7 Å². The average molecular weight is 1540 g/mol. The SMILES string of the molecule is c1ccc(-c2nc(-c3ccccc3)nc(-c3cccc(-c4cccc(-n5c6ccccc6c6cc(-n7c8ccccc8c8ccc9c%10ccccc%10oc9c87)ccc65)c4)c3)n2)cc1.c1ccc(-c2nc(-c3ccccc3)nc(-c3cccc(-n4c5ccccc5c5cc(-n6c7ccccc7c7ccc8c9ccccc9oc8c76)ccc54)c3)n2)cc1. The second kappa shape index (κ2) is 27.7. The van der Waals surface area contributed by atoms with Crippen LogP contribution in [0, 0.1) is 0 Å². The van der Waals surface area contributed by atoms with Crippen LogP contribution in [0.2, 0.25) is 0 Å². The lowest BCUT2D eigenvalue weighted by molar-refractivity contribution is 0.670. The molecule has 0 fully saturated rings. The van der Waals surface area contributed by atoms with E-state index in [9.17, 15) is 0 Å². The fraction of sp³-hybridized carbons (Fsp3) is 0. The van der Waals surface area contributed by atoms with Crippen LogP contribution in [0.25, 0.3) is 233 Å². The molecule has 8 aromatic heterocycles. The van der Waals surface area contributed by atoms with E-state index >= 15 is 0 Å². The maximum Gasteiger partial charge on any atom is 0.164 e. The molecule has 0 spiro atoms. The Morgan fingerprint density at radius 1 is 0.158 bits per heavy atom. The summed E-state index contributed by atoms with van der Waals surface area (Å²) >= 11 is 0. The molecule has 25 aromatic rings. The van der Waals surface area contributed by atoms with Gasteiger partial charge < -0.3 is 27.1 Å². The molecule has 0 aliphatic carbocycles. The van der Waals surface area contributed by atoms with E-state index in [4.69, 9.17) is 38.7 Å². The molecule has 0 aliphatic rings. The first-order valence-electron chi connectivity index (χ1n) is 40.3. The van der Waals surface area contributed by atoms with Gasteiger partial charge in [-0.1, -0.05) is 285 Å². The summed E-state index contributed by atoms with van der Waals surface area (Å²) in [6.07, 6.45) is 0. The molecule has 0 atom stereocenters. The average Bonchev–Trinajstić information content (AvgIpc) is 1.56. The van der Waals surface area contributed by atoms with Crippen molar-refractivity contribution >= 4 is 131 Å². The molecule has 8 heterocycles. The van der Waals surface area contributed by atoms with Gasteiger partial charge in [0.2, 0.25) is 0 Å². The summed E-state index contributed by atoms with van der Waals surface area (Å²) in [5.41, 5.74) is 24.5. The van der Waals surface area contributed by atoms with Gasteiger partial charge in [0, 0.05) is 121 Å². The Morgan fingerprint density at radius 3 is 0.825 bits per heavy atom. The predicted octanol–water partition coefficient (Wildman–Crippen LogP) is 27.6. The molecule has 560 valence electrons. The van der Waals surface area contributed by atoms with Gasteiger partial charge in [-0.15, -0.1) is 0 Å². The Labute approximate surface area is 686 Å². The standard InChI is InChI=1S/C57H35N5O.C51H31N5O/c1-3-15-36(16-4-1)55-58-56(37-17-5-2-6-18-37)60-57(59-55)40-21-13-19-38(33-40)39-20-14-22-41(34-39)61-49-26-10-8-24-44(49)48-35-42(29-32-51(48)61)62-50-27-11-7-23-43(50)46-30-31-47-45-25-9-12-28-52(45)63-54(47)53(46)62;1-3-14-32(15-4-1)49-52-50(33-16-5-2-6-17-33)54-51(53-49)34-18-13-19-35(30-34)55-43-23-10-8-21-38(43)42-31-36(26-29-45(42)55)56-44-24-11-7-20-37(44)40-27-28-41-39-22-9-12-25-46(39)57-48(41)47(40)56/h1-35H;1-31H. The molecule has 17 aromatic carbocycles. The van der Waals surface area contributed by atoms with Crippen molar-refractivity contribution in [1.82, 2.24) is 48.2 Å². The molecule has 0 N–H and O–H groups in total. The minimum absolute atomic E-state index is 0.621. The van der Waals surface area contributed by atoms with Crippen LogP contribution in [-0.2, 0) is 0 Å². The lowest BCUT2D eigenvalue weighted by Crippen LogP contribution is -2.01. The van der Waals surface area contributed by atoms with Crippen LogP contribution in [-0.4, -0.2) is 48.2 Å². The molecule has 0 bridgehead atoms. The van der Waals surface area contributed by atoms with Gasteiger partial charge in [-0.3, -0.25) is 0 Å². The van der Waals surface area contributed by atoms with Gasteiger partial charge in [-0.25, -0.2) is 29.9 Å². The smallest absolute Gasteiger partial charge is 0.164 e. The van der Waals surface area contributed by atoms with E-state index in [1.807, 2.05) is 133 Å². The summed E-state index contributed by atoms with van der Waals surface area (Å²) in [4.78, 5) is 29.9. The van der Waals surface area contributed by atoms with Crippen LogP contribution in [0.15, 0.2) is 409 Å². The summed E-state index contributed by atoms with van der Waals surface area (Å²) in [7, 11) is 0. The molecular weight excluding hydrogens is 1470 g/mol. The van der Waals surface area contributed by atoms with Gasteiger partial charge in [0.05, 0.1) is 44.1 Å². The van der Waals surface area contributed by atoms with E-state index in [1.54, 1.807) is 0 Å². The first-order chi connectivity index (χ1) is 59.5. The number of hydrogen-bond acceptors (Lipinski definition) is 8. The molecule has 0 radical (unpaired) electrons. The van der Waals surface area contributed by atoms with E-state index in [0.29, 0.717) is 34.9 Å². The molecular formula is C108H66N10O2. The number of aromatic nitrogens is 10. The summed E-state index contributed by atoms with van der Waals surface area (Å²) in [5, 5.41) is 13.9. The van der Waals surface area contributed by atoms with Crippen molar-refractivity contribution < 1.29 is 8.83 Å². The van der Waals surface area contributed by atoms with Crippen molar-refractivity contribution in [2.24, 2.45) is 0 Å². The zero-order valence-corrected chi connectivity index (χ0v) is 64.4. The Bertz CT molecular complexity index is 8310. The number of fused-ring (bicyclic) bond motifs is 20. The molecule has 0 unspecified atom stereocenters. The molecule has 25 rings (SSSR count). The summed E-state index contributed by atoms with van der Waals surface area (Å²) < 4.78 is 22.8. The monoisotopic (exact) mass is 1530 g/mol. The molecule has 0 saturated carbocycles. The maximum absolute atomic E-state index is 6.67. The highest BCUT2D eigenvalue weighted by Crippen LogP contribution is 2.46. The van der Waals surface area contributed by atoms with Crippen molar-refractivity contribution in [3.05, 3.63) is 400 Å². The van der Waals surface area contributed by atoms with Gasteiger partial charge in [0.15, 0.2) is 46.1 Å². The van der Waals surface area contributed by atoms with Crippen molar-refractivity contribution in [1.29, 1.82) is 0 Å². The van der Waals surface area contributed by atoms with Gasteiger partial charge in [0.25, 0.3) is 0 Å². The van der Waals surface area contributed by atoms with Crippen LogP contribution in [0.3, 0.4) is 0 Å². The van der Waals surface area contributed by atoms with Crippen LogP contribution in [0.1, 0.15) is 0 Å². The van der Waals surface area contributed by atoms with Crippen molar-refractivity contribution in [2.75, 3.05) is 0 Å².